The van der Waals surface area contributed by atoms with E-state index >= 15 is 0 Å². The molecule has 1 rings (SSSR count). The van der Waals surface area contributed by atoms with Crippen LogP contribution in [0, 0.1) is 0 Å². The number of carbonyl (C=O) groups is 2. The van der Waals surface area contributed by atoms with Crippen LogP contribution in [0.1, 0.15) is 30.6 Å². The molecule has 20 heavy (non-hydrogen) atoms. The van der Waals surface area contributed by atoms with Gasteiger partial charge in [-0.05, 0) is 30.5 Å². The summed E-state index contributed by atoms with van der Waals surface area (Å²) in [5, 5.41) is 18.3. The van der Waals surface area contributed by atoms with Crippen LogP contribution in [0.5, 0.6) is 5.75 Å². The van der Waals surface area contributed by atoms with E-state index in [0.29, 0.717) is 18.8 Å². The molecule has 0 bridgehead atoms. The summed E-state index contributed by atoms with van der Waals surface area (Å²) >= 11 is 0. The van der Waals surface area contributed by atoms with E-state index in [1.54, 1.807) is 13.0 Å². The number of ether oxygens (including phenoxy) is 2. The summed E-state index contributed by atoms with van der Waals surface area (Å²) < 4.78 is 9.99. The summed E-state index contributed by atoms with van der Waals surface area (Å²) in [6, 6.07) is 4.64. The smallest absolute Gasteiger partial charge is 0.337 e. The summed E-state index contributed by atoms with van der Waals surface area (Å²) in [6.07, 6.45) is -0.966. The molecule has 0 aliphatic rings. The molecule has 0 aliphatic carbocycles. The Bertz CT molecular complexity index is 483. The minimum atomic E-state index is -1.59. The fourth-order valence-corrected chi connectivity index (χ4v) is 1.72. The van der Waals surface area contributed by atoms with Gasteiger partial charge < -0.3 is 19.7 Å². The van der Waals surface area contributed by atoms with Crippen molar-refractivity contribution in [2.45, 2.75) is 25.9 Å². The van der Waals surface area contributed by atoms with Gasteiger partial charge >= 0.3 is 11.9 Å². The average Bonchev–Trinajstić information content (AvgIpc) is 2.44. The minimum absolute atomic E-state index is 0.206. The van der Waals surface area contributed by atoms with Gasteiger partial charge in [-0.3, -0.25) is 4.79 Å². The molecule has 1 aromatic rings. The molecule has 6 nitrogen and oxygen atoms in total. The lowest BCUT2D eigenvalue weighted by atomic mass is 10.0. The topological polar surface area (TPSA) is 93.1 Å². The second kappa shape index (κ2) is 7.49. The molecule has 6 heteroatoms. The van der Waals surface area contributed by atoms with E-state index < -0.39 is 12.1 Å². The molecule has 0 amide bonds. The van der Waals surface area contributed by atoms with Gasteiger partial charge in [0, 0.05) is 6.42 Å². The summed E-state index contributed by atoms with van der Waals surface area (Å²) in [7, 11) is 1.32. The number of aliphatic carboxylic acids is 1. The van der Waals surface area contributed by atoms with Crippen LogP contribution in [0.2, 0.25) is 0 Å². The molecule has 1 unspecified atom stereocenters. The number of hydrogen-bond acceptors (Lipinski definition) is 5. The van der Waals surface area contributed by atoms with Crippen molar-refractivity contribution in [1.82, 2.24) is 0 Å². The number of esters is 1. The highest BCUT2D eigenvalue weighted by molar-refractivity contribution is 5.74. The number of benzene rings is 1. The third-order valence-corrected chi connectivity index (χ3v) is 2.77. The van der Waals surface area contributed by atoms with Gasteiger partial charge in [0.25, 0.3) is 0 Å². The number of aliphatic hydroxyl groups excluding tert-OH is 1. The monoisotopic (exact) mass is 282 g/mol. The largest absolute Gasteiger partial charge is 0.494 e. The Morgan fingerprint density at radius 3 is 2.60 bits per heavy atom. The van der Waals surface area contributed by atoms with Gasteiger partial charge in [0.05, 0.1) is 13.7 Å². The third kappa shape index (κ3) is 4.24. The van der Waals surface area contributed by atoms with Gasteiger partial charge in [-0.15, -0.1) is 0 Å². The molecule has 110 valence electrons. The number of carbonyl (C=O) groups excluding carboxylic acids is 1. The fraction of sp³-hybridized carbons (Fsp3) is 0.429. The van der Waals surface area contributed by atoms with E-state index in [0.717, 1.165) is 5.56 Å². The normalized spacial score (nSPS) is 11.8. The van der Waals surface area contributed by atoms with Crippen molar-refractivity contribution in [3.8, 4) is 5.75 Å². The fourth-order valence-electron chi connectivity index (χ4n) is 1.72. The van der Waals surface area contributed by atoms with Gasteiger partial charge in [0.15, 0.2) is 6.10 Å². The molecule has 0 spiro atoms. The van der Waals surface area contributed by atoms with Crippen molar-refractivity contribution in [3.63, 3.8) is 0 Å². The maximum Gasteiger partial charge on any atom is 0.337 e. The van der Waals surface area contributed by atoms with Gasteiger partial charge in [0.1, 0.15) is 5.75 Å². The quantitative estimate of drug-likeness (QED) is 0.732. The van der Waals surface area contributed by atoms with Gasteiger partial charge in [0.2, 0.25) is 0 Å². The molecule has 0 heterocycles. The zero-order valence-electron chi connectivity index (χ0n) is 11.5. The maximum atomic E-state index is 11.1. The molecule has 0 saturated heterocycles. The Labute approximate surface area is 116 Å². The van der Waals surface area contributed by atoms with Crippen LogP contribution < -0.4 is 4.74 Å². The Kier molecular flexibility index (Phi) is 5.99. The number of methoxy groups -OCH3 is 1. The van der Waals surface area contributed by atoms with E-state index in [1.165, 1.54) is 19.2 Å². The lowest BCUT2D eigenvalue weighted by Crippen LogP contribution is -2.11. The summed E-state index contributed by atoms with van der Waals surface area (Å²) in [5.41, 5.74) is 1.00. The average molecular weight is 282 g/mol. The molecular weight excluding hydrogens is 264 g/mol. The Morgan fingerprint density at radius 2 is 2.05 bits per heavy atom. The van der Waals surface area contributed by atoms with E-state index in [-0.39, 0.29) is 18.0 Å². The molecule has 2 N–H and O–H groups in total. The highest BCUT2D eigenvalue weighted by Gasteiger charge is 2.18. The number of carboxylic acid groups (broad SMARTS) is 1. The molecule has 0 fully saturated rings. The van der Waals surface area contributed by atoms with Gasteiger partial charge in [-0.1, -0.05) is 12.1 Å². The zero-order valence-corrected chi connectivity index (χ0v) is 11.5. The van der Waals surface area contributed by atoms with Crippen molar-refractivity contribution >= 4 is 11.9 Å². The predicted octanol–water partition coefficient (Wildman–Crippen LogP) is 1.31. The standard InChI is InChI=1S/C14H18O6/c1-3-20-11-8-10(13(16)14(17)18)5-4-9(11)6-7-12(15)19-2/h4-5,8,13,16H,3,6-7H2,1-2H3,(H,17,18). The first kappa shape index (κ1) is 16.0. The first-order valence-corrected chi connectivity index (χ1v) is 6.22. The Balaban J connectivity index is 2.95. The molecule has 0 saturated carbocycles. The zero-order chi connectivity index (χ0) is 15.1. The summed E-state index contributed by atoms with van der Waals surface area (Å²) in [6.45, 7) is 2.20. The van der Waals surface area contributed by atoms with Gasteiger partial charge in [-0.2, -0.15) is 0 Å². The first-order chi connectivity index (χ1) is 9.49. The van der Waals surface area contributed by atoms with Crippen molar-refractivity contribution in [2.24, 2.45) is 0 Å². The highest BCUT2D eigenvalue weighted by atomic mass is 16.5. The van der Waals surface area contributed by atoms with Crippen LogP contribution in [0.3, 0.4) is 0 Å². The predicted molar refractivity (Wildman–Crippen MR) is 70.5 cm³/mol. The van der Waals surface area contributed by atoms with Crippen LogP contribution in [0.4, 0.5) is 0 Å². The highest BCUT2D eigenvalue weighted by Crippen LogP contribution is 2.25. The number of rotatable bonds is 7. The van der Waals surface area contributed by atoms with E-state index in [4.69, 9.17) is 9.84 Å². The Hall–Kier alpha value is -2.08. The Morgan fingerprint density at radius 1 is 1.35 bits per heavy atom. The lowest BCUT2D eigenvalue weighted by molar-refractivity contribution is -0.147. The molecule has 1 aromatic carbocycles. The third-order valence-electron chi connectivity index (χ3n) is 2.77. The maximum absolute atomic E-state index is 11.1. The van der Waals surface area contributed by atoms with Crippen molar-refractivity contribution in [1.29, 1.82) is 0 Å². The van der Waals surface area contributed by atoms with Crippen LogP contribution in [0.25, 0.3) is 0 Å². The van der Waals surface area contributed by atoms with E-state index in [9.17, 15) is 14.7 Å². The second-order valence-electron chi connectivity index (χ2n) is 4.12. The van der Waals surface area contributed by atoms with Gasteiger partial charge in [-0.25, -0.2) is 4.79 Å². The number of aliphatic hydroxyl groups is 1. The van der Waals surface area contributed by atoms with Crippen LogP contribution >= 0.6 is 0 Å². The van der Waals surface area contributed by atoms with Crippen LogP contribution in [-0.2, 0) is 20.7 Å². The minimum Gasteiger partial charge on any atom is -0.494 e. The van der Waals surface area contributed by atoms with Crippen LogP contribution in [0.15, 0.2) is 18.2 Å². The molecule has 1 atom stereocenters. The number of aryl methyl sites for hydroxylation is 1. The van der Waals surface area contributed by atoms with E-state index in [2.05, 4.69) is 4.74 Å². The number of carboxylic acids is 1. The number of hydrogen-bond donors (Lipinski definition) is 2. The summed E-state index contributed by atoms with van der Waals surface area (Å²) in [5.74, 6) is -1.19. The SMILES string of the molecule is CCOc1cc(C(O)C(=O)O)ccc1CCC(=O)OC. The summed E-state index contributed by atoms with van der Waals surface area (Å²) in [4.78, 5) is 21.9. The van der Waals surface area contributed by atoms with E-state index in [1.807, 2.05) is 0 Å². The first-order valence-electron chi connectivity index (χ1n) is 6.22. The second-order valence-corrected chi connectivity index (χ2v) is 4.12. The molecule has 0 radical (unpaired) electrons. The lowest BCUT2D eigenvalue weighted by Gasteiger charge is -2.13. The molecule has 0 aliphatic heterocycles. The van der Waals surface area contributed by atoms with Crippen LogP contribution in [-0.4, -0.2) is 35.9 Å². The van der Waals surface area contributed by atoms with Crippen molar-refractivity contribution < 1.29 is 29.3 Å². The van der Waals surface area contributed by atoms with Crippen molar-refractivity contribution in [2.75, 3.05) is 13.7 Å². The van der Waals surface area contributed by atoms with Crippen molar-refractivity contribution in [3.05, 3.63) is 29.3 Å². The molecule has 0 aromatic heterocycles. The molecular formula is C14H18O6.